The predicted molar refractivity (Wildman–Crippen MR) is 79.5 cm³/mol. The standard InChI is InChI=1S/C13H21N5OS/c1-9(2)7-18-12(15-8-16-18)6-10(17-14)13-11(19-3)4-5-20-13/h4-5,8-10,17H,6-7,14H2,1-3H3. The molecule has 0 fully saturated rings. The van der Waals surface area contributed by atoms with E-state index >= 15 is 0 Å². The lowest BCUT2D eigenvalue weighted by Crippen LogP contribution is -2.30. The van der Waals surface area contributed by atoms with Crippen LogP contribution in [-0.4, -0.2) is 21.9 Å². The van der Waals surface area contributed by atoms with Crippen LogP contribution in [0.3, 0.4) is 0 Å². The van der Waals surface area contributed by atoms with Crippen LogP contribution in [0.2, 0.25) is 0 Å². The van der Waals surface area contributed by atoms with Gasteiger partial charge in [0.2, 0.25) is 0 Å². The van der Waals surface area contributed by atoms with Crippen molar-refractivity contribution in [3.8, 4) is 5.75 Å². The Bertz CT molecular complexity index is 536. The maximum Gasteiger partial charge on any atom is 0.138 e. The van der Waals surface area contributed by atoms with Crippen molar-refractivity contribution in [2.24, 2.45) is 11.8 Å². The van der Waals surface area contributed by atoms with Crippen molar-refractivity contribution in [1.29, 1.82) is 0 Å². The minimum Gasteiger partial charge on any atom is -0.496 e. The lowest BCUT2D eigenvalue weighted by atomic mass is 10.1. The van der Waals surface area contributed by atoms with Crippen LogP contribution in [0.5, 0.6) is 5.75 Å². The first kappa shape index (κ1) is 15.0. The molecule has 0 saturated heterocycles. The quantitative estimate of drug-likeness (QED) is 0.601. The van der Waals surface area contributed by atoms with Gasteiger partial charge in [0.15, 0.2) is 0 Å². The Hall–Kier alpha value is -1.44. The van der Waals surface area contributed by atoms with E-state index in [1.54, 1.807) is 24.8 Å². The summed E-state index contributed by atoms with van der Waals surface area (Å²) in [6.07, 6.45) is 2.27. The van der Waals surface area contributed by atoms with E-state index in [-0.39, 0.29) is 6.04 Å². The summed E-state index contributed by atoms with van der Waals surface area (Å²) in [7, 11) is 1.67. The molecule has 1 unspecified atom stereocenters. The molecule has 0 bridgehead atoms. The Labute approximate surface area is 122 Å². The molecule has 3 N–H and O–H groups in total. The number of nitrogens with two attached hydrogens (primary N) is 1. The second-order valence-corrected chi connectivity index (χ2v) is 5.98. The highest BCUT2D eigenvalue weighted by Gasteiger charge is 2.19. The van der Waals surface area contributed by atoms with Gasteiger partial charge in [-0.25, -0.2) is 9.67 Å². The number of nitrogens with zero attached hydrogens (tertiary/aromatic N) is 3. The van der Waals surface area contributed by atoms with Gasteiger partial charge in [-0.15, -0.1) is 11.3 Å². The normalized spacial score (nSPS) is 12.8. The van der Waals surface area contributed by atoms with Gasteiger partial charge in [-0.2, -0.15) is 5.10 Å². The summed E-state index contributed by atoms with van der Waals surface area (Å²) < 4.78 is 7.29. The lowest BCUT2D eigenvalue weighted by molar-refractivity contribution is 0.399. The number of hydrogen-bond acceptors (Lipinski definition) is 6. The fourth-order valence-electron chi connectivity index (χ4n) is 2.09. The van der Waals surface area contributed by atoms with Crippen molar-refractivity contribution in [2.45, 2.75) is 32.9 Å². The fraction of sp³-hybridized carbons (Fsp3) is 0.538. The molecule has 0 aliphatic carbocycles. The van der Waals surface area contributed by atoms with Crippen LogP contribution in [0.25, 0.3) is 0 Å². The summed E-state index contributed by atoms with van der Waals surface area (Å²) in [6.45, 7) is 5.17. The number of thiophene rings is 1. The number of ether oxygens (including phenoxy) is 1. The number of rotatable bonds is 7. The third kappa shape index (κ3) is 3.36. The molecule has 2 heterocycles. The van der Waals surface area contributed by atoms with E-state index in [1.165, 1.54) is 0 Å². The highest BCUT2D eigenvalue weighted by atomic mass is 32.1. The fourth-order valence-corrected chi connectivity index (χ4v) is 3.01. The zero-order chi connectivity index (χ0) is 14.5. The molecular formula is C13H21N5OS. The van der Waals surface area contributed by atoms with Crippen molar-refractivity contribution in [3.63, 3.8) is 0 Å². The molecule has 7 heteroatoms. The molecule has 0 amide bonds. The monoisotopic (exact) mass is 295 g/mol. The molecule has 2 aromatic heterocycles. The Morgan fingerprint density at radius 3 is 2.95 bits per heavy atom. The van der Waals surface area contributed by atoms with E-state index in [9.17, 15) is 0 Å². The third-order valence-electron chi connectivity index (χ3n) is 3.02. The van der Waals surface area contributed by atoms with E-state index in [0.29, 0.717) is 12.3 Å². The topological polar surface area (TPSA) is 78.0 Å². The highest BCUT2D eigenvalue weighted by Crippen LogP contribution is 2.32. The van der Waals surface area contributed by atoms with Crippen molar-refractivity contribution in [1.82, 2.24) is 20.2 Å². The van der Waals surface area contributed by atoms with Gasteiger partial charge in [0.1, 0.15) is 17.9 Å². The van der Waals surface area contributed by atoms with E-state index in [0.717, 1.165) is 23.0 Å². The molecule has 0 spiro atoms. The molecule has 0 aliphatic rings. The maximum absolute atomic E-state index is 5.70. The van der Waals surface area contributed by atoms with Crippen LogP contribution in [0.15, 0.2) is 17.8 Å². The molecule has 20 heavy (non-hydrogen) atoms. The van der Waals surface area contributed by atoms with Gasteiger partial charge in [0.25, 0.3) is 0 Å². The minimum atomic E-state index is -0.0277. The smallest absolute Gasteiger partial charge is 0.138 e. The SMILES string of the molecule is COc1ccsc1C(Cc1ncnn1CC(C)C)NN. The third-order valence-corrected chi connectivity index (χ3v) is 4.03. The van der Waals surface area contributed by atoms with Crippen LogP contribution in [0.4, 0.5) is 0 Å². The van der Waals surface area contributed by atoms with Crippen LogP contribution < -0.4 is 16.0 Å². The number of hydrogen-bond donors (Lipinski definition) is 2. The minimum absolute atomic E-state index is 0.0277. The van der Waals surface area contributed by atoms with Crippen LogP contribution in [0, 0.1) is 5.92 Å². The number of hydrazine groups is 1. The summed E-state index contributed by atoms with van der Waals surface area (Å²) in [6, 6.07) is 1.92. The van der Waals surface area contributed by atoms with Crippen LogP contribution in [0.1, 0.15) is 30.6 Å². The molecule has 0 aliphatic heterocycles. The van der Waals surface area contributed by atoms with E-state index in [1.807, 2.05) is 16.1 Å². The second kappa shape index (κ2) is 6.83. The first-order valence-corrected chi connectivity index (χ1v) is 7.47. The molecule has 2 aromatic rings. The van der Waals surface area contributed by atoms with E-state index in [2.05, 4.69) is 29.4 Å². The first-order valence-electron chi connectivity index (χ1n) is 6.59. The number of aromatic nitrogens is 3. The lowest BCUT2D eigenvalue weighted by Gasteiger charge is -2.16. The van der Waals surface area contributed by atoms with Crippen LogP contribution in [-0.2, 0) is 13.0 Å². The first-order chi connectivity index (χ1) is 9.65. The molecule has 6 nitrogen and oxygen atoms in total. The molecule has 1 atom stereocenters. The van der Waals surface area contributed by atoms with Crippen molar-refractivity contribution in [3.05, 3.63) is 28.5 Å². The Balaban J connectivity index is 2.16. The predicted octanol–water partition coefficient (Wildman–Crippen LogP) is 1.75. The van der Waals surface area contributed by atoms with Gasteiger partial charge < -0.3 is 4.74 Å². The average molecular weight is 295 g/mol. The Kier molecular flexibility index (Phi) is 5.11. The van der Waals surface area contributed by atoms with Gasteiger partial charge in [-0.1, -0.05) is 13.8 Å². The average Bonchev–Trinajstić information content (AvgIpc) is 3.04. The second-order valence-electron chi connectivity index (χ2n) is 5.03. The van der Waals surface area contributed by atoms with Crippen molar-refractivity contribution < 1.29 is 4.74 Å². The molecule has 0 radical (unpaired) electrons. The van der Waals surface area contributed by atoms with E-state index < -0.39 is 0 Å². The molecule has 0 saturated carbocycles. The molecule has 2 rings (SSSR count). The molecular weight excluding hydrogens is 274 g/mol. The van der Waals surface area contributed by atoms with E-state index in [4.69, 9.17) is 10.6 Å². The van der Waals surface area contributed by atoms with Gasteiger partial charge >= 0.3 is 0 Å². The molecule has 0 aromatic carbocycles. The highest BCUT2D eigenvalue weighted by molar-refractivity contribution is 7.10. The summed E-state index contributed by atoms with van der Waals surface area (Å²) in [5, 5.41) is 6.27. The number of nitrogens with one attached hydrogen (secondary N) is 1. The zero-order valence-corrected chi connectivity index (χ0v) is 12.9. The Morgan fingerprint density at radius 1 is 1.50 bits per heavy atom. The van der Waals surface area contributed by atoms with Gasteiger partial charge in [0.05, 0.1) is 18.0 Å². The Morgan fingerprint density at radius 2 is 2.30 bits per heavy atom. The summed E-state index contributed by atoms with van der Waals surface area (Å²) in [4.78, 5) is 5.42. The summed E-state index contributed by atoms with van der Waals surface area (Å²) in [5.41, 5.74) is 2.85. The van der Waals surface area contributed by atoms with Gasteiger partial charge in [-0.05, 0) is 17.4 Å². The summed E-state index contributed by atoms with van der Waals surface area (Å²) in [5.74, 6) is 8.01. The largest absolute Gasteiger partial charge is 0.496 e. The maximum atomic E-state index is 5.70. The molecule has 110 valence electrons. The zero-order valence-electron chi connectivity index (χ0n) is 12.0. The van der Waals surface area contributed by atoms with Gasteiger partial charge in [-0.3, -0.25) is 11.3 Å². The van der Waals surface area contributed by atoms with Crippen LogP contribution >= 0.6 is 11.3 Å². The van der Waals surface area contributed by atoms with Gasteiger partial charge in [0, 0.05) is 13.0 Å². The van der Waals surface area contributed by atoms with Crippen molar-refractivity contribution >= 4 is 11.3 Å². The number of methoxy groups -OCH3 is 1. The summed E-state index contributed by atoms with van der Waals surface area (Å²) >= 11 is 1.62. The van der Waals surface area contributed by atoms with Crippen molar-refractivity contribution in [2.75, 3.05) is 7.11 Å².